The van der Waals surface area contributed by atoms with E-state index in [2.05, 4.69) is 5.43 Å². The molecule has 1 aromatic carbocycles. The third kappa shape index (κ3) is 1.57. The van der Waals surface area contributed by atoms with E-state index >= 15 is 0 Å². The van der Waals surface area contributed by atoms with E-state index in [1.54, 1.807) is 0 Å². The number of benzene rings is 1. The summed E-state index contributed by atoms with van der Waals surface area (Å²) < 4.78 is 37.6. The van der Waals surface area contributed by atoms with Crippen LogP contribution in [0.4, 0.5) is 13.2 Å². The lowest BCUT2D eigenvalue weighted by Crippen LogP contribution is -2.21. The predicted molar refractivity (Wildman–Crippen MR) is 37.3 cm³/mol. The summed E-state index contributed by atoms with van der Waals surface area (Å²) in [4.78, 5) is 0. The Balaban J connectivity index is 3.08. The van der Waals surface area contributed by atoms with Crippen LogP contribution in [0.5, 0.6) is 0 Å². The Hall–Kier alpha value is -1.07. The zero-order chi connectivity index (χ0) is 9.14. The summed E-state index contributed by atoms with van der Waals surface area (Å²) in [5.41, 5.74) is 2.14. The normalized spacial score (nSPS) is 10.3. The van der Waals surface area contributed by atoms with E-state index in [1.165, 1.54) is 0 Å². The number of hydrogen-bond donors (Lipinski definition) is 2. The highest BCUT2D eigenvalue weighted by molar-refractivity contribution is 5.19. The van der Waals surface area contributed by atoms with Gasteiger partial charge in [-0.1, -0.05) is 6.07 Å². The molecule has 0 aliphatic carbocycles. The van der Waals surface area contributed by atoms with Gasteiger partial charge in [-0.3, -0.25) is 11.3 Å². The van der Waals surface area contributed by atoms with Gasteiger partial charge in [0.2, 0.25) is 0 Å². The molecular formula is C7H7F3N2. The van der Waals surface area contributed by atoms with Gasteiger partial charge in [0.05, 0.1) is 0 Å². The molecule has 0 fully saturated rings. The van der Waals surface area contributed by atoms with E-state index in [9.17, 15) is 13.2 Å². The maximum Gasteiger partial charge on any atom is 0.194 e. The Morgan fingerprint density at radius 1 is 1.17 bits per heavy atom. The molecule has 3 N–H and O–H groups in total. The summed E-state index contributed by atoms with van der Waals surface area (Å²) in [5.74, 6) is 1.01. The number of nitrogens with one attached hydrogen (secondary N) is 1. The van der Waals surface area contributed by atoms with Crippen LogP contribution in [0.15, 0.2) is 12.1 Å². The fourth-order valence-electron chi connectivity index (χ4n) is 0.812. The lowest BCUT2D eigenvalue weighted by atomic mass is 10.2. The minimum Gasteiger partial charge on any atom is -0.271 e. The van der Waals surface area contributed by atoms with Crippen LogP contribution in [0.2, 0.25) is 0 Å². The minimum atomic E-state index is -1.47. The van der Waals surface area contributed by atoms with Crippen molar-refractivity contribution in [3.8, 4) is 0 Å². The first-order valence-corrected chi connectivity index (χ1v) is 3.22. The summed E-state index contributed by atoms with van der Waals surface area (Å²) in [5, 5.41) is 0. The number of rotatable bonds is 2. The quantitative estimate of drug-likeness (QED) is 0.402. The molecule has 0 saturated carbocycles. The molecule has 0 radical (unpaired) electrons. The molecule has 0 heterocycles. The predicted octanol–water partition coefficient (Wildman–Crippen LogP) is 1.07. The van der Waals surface area contributed by atoms with Crippen LogP contribution in [-0.2, 0) is 6.54 Å². The van der Waals surface area contributed by atoms with Crippen LogP contribution in [-0.4, -0.2) is 0 Å². The second-order valence-corrected chi connectivity index (χ2v) is 2.22. The highest BCUT2D eigenvalue weighted by Gasteiger charge is 2.11. The molecule has 0 saturated heterocycles. The summed E-state index contributed by atoms with van der Waals surface area (Å²) in [7, 11) is 0. The van der Waals surface area contributed by atoms with E-state index < -0.39 is 17.5 Å². The van der Waals surface area contributed by atoms with Crippen molar-refractivity contribution in [2.45, 2.75) is 6.54 Å². The molecule has 0 spiro atoms. The highest BCUT2D eigenvalue weighted by Crippen LogP contribution is 2.14. The molecule has 0 unspecified atom stereocenters. The fourth-order valence-corrected chi connectivity index (χ4v) is 0.812. The molecule has 0 atom stereocenters. The van der Waals surface area contributed by atoms with Gasteiger partial charge < -0.3 is 0 Å². The van der Waals surface area contributed by atoms with Gasteiger partial charge in [0.1, 0.15) is 0 Å². The van der Waals surface area contributed by atoms with Crippen molar-refractivity contribution >= 4 is 0 Å². The average molecular weight is 176 g/mol. The van der Waals surface area contributed by atoms with Crippen LogP contribution in [0.3, 0.4) is 0 Å². The van der Waals surface area contributed by atoms with Crippen molar-refractivity contribution in [1.82, 2.24) is 5.43 Å². The van der Waals surface area contributed by atoms with Crippen LogP contribution in [0.1, 0.15) is 5.56 Å². The molecule has 1 rings (SSSR count). The lowest BCUT2D eigenvalue weighted by molar-refractivity contribution is 0.438. The van der Waals surface area contributed by atoms with Gasteiger partial charge in [0.15, 0.2) is 17.5 Å². The van der Waals surface area contributed by atoms with Gasteiger partial charge in [-0.25, -0.2) is 13.2 Å². The Kier molecular flexibility index (Phi) is 2.67. The topological polar surface area (TPSA) is 38.0 Å². The summed E-state index contributed by atoms with van der Waals surface area (Å²) in [6.45, 7) is -0.0387. The smallest absolute Gasteiger partial charge is 0.194 e. The van der Waals surface area contributed by atoms with Gasteiger partial charge >= 0.3 is 0 Å². The van der Waals surface area contributed by atoms with Crippen LogP contribution in [0.25, 0.3) is 0 Å². The number of hydrogen-bond acceptors (Lipinski definition) is 2. The zero-order valence-electron chi connectivity index (χ0n) is 6.07. The molecule has 0 aromatic heterocycles. The van der Waals surface area contributed by atoms with E-state index in [0.29, 0.717) is 0 Å². The second kappa shape index (κ2) is 3.55. The Morgan fingerprint density at radius 2 is 1.83 bits per heavy atom. The molecule has 2 nitrogen and oxygen atoms in total. The zero-order valence-corrected chi connectivity index (χ0v) is 6.07. The Morgan fingerprint density at radius 3 is 2.42 bits per heavy atom. The maximum atomic E-state index is 12.7. The first-order chi connectivity index (χ1) is 5.66. The van der Waals surface area contributed by atoms with Gasteiger partial charge in [0, 0.05) is 12.1 Å². The van der Waals surface area contributed by atoms with Crippen LogP contribution < -0.4 is 11.3 Å². The number of hydrazine groups is 1. The van der Waals surface area contributed by atoms with Crippen LogP contribution >= 0.6 is 0 Å². The molecule has 1 aromatic rings. The standard InChI is InChI=1S/C7H7F3N2/c8-5-2-1-4(3-12-11)6(9)7(5)10/h1-2,12H,3,11H2. The average Bonchev–Trinajstić information content (AvgIpc) is 2.07. The van der Waals surface area contributed by atoms with Crippen molar-refractivity contribution in [2.24, 2.45) is 5.84 Å². The van der Waals surface area contributed by atoms with E-state index in [1.807, 2.05) is 0 Å². The monoisotopic (exact) mass is 176 g/mol. The molecule has 5 heteroatoms. The Bertz CT molecular complexity index is 288. The fraction of sp³-hybridized carbons (Fsp3) is 0.143. The molecule has 0 amide bonds. The lowest BCUT2D eigenvalue weighted by Gasteiger charge is -2.02. The summed E-state index contributed by atoms with van der Waals surface area (Å²) >= 11 is 0. The van der Waals surface area contributed by atoms with Crippen LogP contribution in [0, 0.1) is 17.5 Å². The van der Waals surface area contributed by atoms with Gasteiger partial charge in [-0.15, -0.1) is 0 Å². The SMILES string of the molecule is NNCc1ccc(F)c(F)c1F. The van der Waals surface area contributed by atoms with Gasteiger partial charge in [0.25, 0.3) is 0 Å². The van der Waals surface area contributed by atoms with Gasteiger partial charge in [-0.2, -0.15) is 0 Å². The number of nitrogens with two attached hydrogens (primary N) is 1. The van der Waals surface area contributed by atoms with Crippen molar-refractivity contribution in [3.05, 3.63) is 35.1 Å². The van der Waals surface area contributed by atoms with Crippen molar-refractivity contribution in [1.29, 1.82) is 0 Å². The highest BCUT2D eigenvalue weighted by atomic mass is 19.2. The second-order valence-electron chi connectivity index (χ2n) is 2.22. The first-order valence-electron chi connectivity index (χ1n) is 3.22. The van der Waals surface area contributed by atoms with E-state index in [4.69, 9.17) is 5.84 Å². The Labute approximate surface area is 67.2 Å². The molecule has 66 valence electrons. The maximum absolute atomic E-state index is 12.7. The van der Waals surface area contributed by atoms with Gasteiger partial charge in [-0.05, 0) is 6.07 Å². The van der Waals surface area contributed by atoms with E-state index in [0.717, 1.165) is 12.1 Å². The third-order valence-electron chi connectivity index (χ3n) is 1.41. The van der Waals surface area contributed by atoms with E-state index in [-0.39, 0.29) is 12.1 Å². The first kappa shape index (κ1) is 9.02. The molecule has 0 bridgehead atoms. The largest absolute Gasteiger partial charge is 0.271 e. The summed E-state index contributed by atoms with van der Waals surface area (Å²) in [6.07, 6.45) is 0. The van der Waals surface area contributed by atoms with Crippen molar-refractivity contribution in [2.75, 3.05) is 0 Å². The van der Waals surface area contributed by atoms with Crippen molar-refractivity contribution in [3.63, 3.8) is 0 Å². The minimum absolute atomic E-state index is 0.00333. The molecule has 0 aliphatic rings. The molecule has 0 aliphatic heterocycles. The molecule has 12 heavy (non-hydrogen) atoms. The number of halogens is 3. The van der Waals surface area contributed by atoms with Crippen molar-refractivity contribution < 1.29 is 13.2 Å². The summed E-state index contributed by atoms with van der Waals surface area (Å²) in [6, 6.07) is 1.98. The molecular weight excluding hydrogens is 169 g/mol. The third-order valence-corrected chi connectivity index (χ3v) is 1.41.